The molecule has 1 atom stereocenters. The van der Waals surface area contributed by atoms with Crippen LogP contribution in [0, 0.1) is 6.92 Å². The molecule has 0 bridgehead atoms. The zero-order valence-corrected chi connectivity index (χ0v) is 19.7. The molecule has 168 valence electrons. The van der Waals surface area contributed by atoms with Crippen molar-refractivity contribution in [1.29, 1.82) is 0 Å². The van der Waals surface area contributed by atoms with Crippen molar-refractivity contribution < 1.29 is 9.53 Å². The van der Waals surface area contributed by atoms with Crippen molar-refractivity contribution in [2.24, 2.45) is 0 Å². The number of hydrogen-bond acceptors (Lipinski definition) is 5. The molecule has 4 rings (SSSR count). The number of aryl methyl sites for hydroxylation is 1. The average Bonchev–Trinajstić information content (AvgIpc) is 3.23. The third-order valence-corrected chi connectivity index (χ3v) is 6.92. The second-order valence-corrected chi connectivity index (χ2v) is 9.59. The first kappa shape index (κ1) is 22.4. The van der Waals surface area contributed by atoms with Gasteiger partial charge in [-0.15, -0.1) is 10.2 Å². The fourth-order valence-corrected chi connectivity index (χ4v) is 4.93. The van der Waals surface area contributed by atoms with Crippen LogP contribution in [-0.2, 0) is 4.79 Å². The third-order valence-electron chi connectivity index (χ3n) is 5.88. The molecule has 0 aliphatic heterocycles. The summed E-state index contributed by atoms with van der Waals surface area (Å²) in [5.41, 5.74) is 2.98. The van der Waals surface area contributed by atoms with Crippen LogP contribution in [-0.4, -0.2) is 39.1 Å². The number of para-hydroxylation sites is 1. The number of rotatable bonds is 7. The number of nitrogens with one attached hydrogen (secondary N) is 1. The summed E-state index contributed by atoms with van der Waals surface area (Å²) < 4.78 is 7.58. The highest BCUT2D eigenvalue weighted by Gasteiger charge is 2.25. The lowest BCUT2D eigenvalue weighted by Crippen LogP contribution is -2.40. The number of carbonyl (C=O) groups excluding carboxylic acids is 1. The molecule has 1 N–H and O–H groups in total. The molecule has 6 nitrogen and oxygen atoms in total. The van der Waals surface area contributed by atoms with Gasteiger partial charge in [-0.2, -0.15) is 0 Å². The SMILES string of the molecule is COc1ccccc1-c1nnc(SC(C)C(=O)NC2CCCCC2)n1-c1ccc(C)cc1. The summed E-state index contributed by atoms with van der Waals surface area (Å²) in [4.78, 5) is 12.9. The molecule has 0 radical (unpaired) electrons. The molecule has 1 fully saturated rings. The zero-order valence-electron chi connectivity index (χ0n) is 18.9. The molecule has 0 spiro atoms. The number of hydrogen-bond donors (Lipinski definition) is 1. The van der Waals surface area contributed by atoms with Crippen LogP contribution in [0.3, 0.4) is 0 Å². The molecule has 32 heavy (non-hydrogen) atoms. The first-order chi connectivity index (χ1) is 15.6. The van der Waals surface area contributed by atoms with Gasteiger partial charge >= 0.3 is 0 Å². The van der Waals surface area contributed by atoms with E-state index in [-0.39, 0.29) is 11.2 Å². The van der Waals surface area contributed by atoms with Gasteiger partial charge in [0.1, 0.15) is 5.75 Å². The molecule has 0 saturated heterocycles. The molecule has 1 aromatic heterocycles. The van der Waals surface area contributed by atoms with E-state index < -0.39 is 0 Å². The number of ether oxygens (including phenoxy) is 1. The fourth-order valence-electron chi connectivity index (χ4n) is 4.05. The maximum absolute atomic E-state index is 12.9. The summed E-state index contributed by atoms with van der Waals surface area (Å²) in [5.74, 6) is 1.47. The van der Waals surface area contributed by atoms with Gasteiger partial charge in [0.15, 0.2) is 11.0 Å². The topological polar surface area (TPSA) is 69.0 Å². The average molecular weight is 451 g/mol. The molecular weight excluding hydrogens is 420 g/mol. The van der Waals surface area contributed by atoms with Gasteiger partial charge in [-0.05, 0) is 51.0 Å². The second-order valence-electron chi connectivity index (χ2n) is 8.28. The maximum Gasteiger partial charge on any atom is 0.233 e. The number of thioether (sulfide) groups is 1. The Morgan fingerprint density at radius 3 is 2.53 bits per heavy atom. The first-order valence-corrected chi connectivity index (χ1v) is 12.1. The monoisotopic (exact) mass is 450 g/mol. The largest absolute Gasteiger partial charge is 0.496 e. The van der Waals surface area contributed by atoms with Gasteiger partial charge in [0, 0.05) is 11.7 Å². The van der Waals surface area contributed by atoms with Crippen LogP contribution < -0.4 is 10.1 Å². The van der Waals surface area contributed by atoms with Crippen LogP contribution in [0.2, 0.25) is 0 Å². The highest BCUT2D eigenvalue weighted by Crippen LogP contribution is 2.34. The molecule has 1 heterocycles. The normalized spacial score (nSPS) is 15.3. The van der Waals surface area contributed by atoms with E-state index in [1.165, 1.54) is 36.6 Å². The van der Waals surface area contributed by atoms with E-state index in [9.17, 15) is 4.79 Å². The minimum absolute atomic E-state index is 0.0548. The van der Waals surface area contributed by atoms with Crippen LogP contribution in [0.4, 0.5) is 0 Å². The number of aromatic nitrogens is 3. The predicted molar refractivity (Wildman–Crippen MR) is 128 cm³/mol. The van der Waals surface area contributed by atoms with Crippen molar-refractivity contribution in [3.63, 3.8) is 0 Å². The lowest BCUT2D eigenvalue weighted by Gasteiger charge is -2.24. The van der Waals surface area contributed by atoms with Crippen LogP contribution in [0.5, 0.6) is 5.75 Å². The molecule has 1 unspecified atom stereocenters. The molecule has 2 aromatic carbocycles. The Labute approximate surface area is 193 Å². The lowest BCUT2D eigenvalue weighted by molar-refractivity contribution is -0.121. The van der Waals surface area contributed by atoms with Gasteiger partial charge in [0.05, 0.1) is 17.9 Å². The van der Waals surface area contributed by atoms with Crippen molar-refractivity contribution in [2.45, 2.75) is 62.4 Å². The zero-order chi connectivity index (χ0) is 22.5. The Bertz CT molecular complexity index is 1060. The molecular formula is C25H30N4O2S. The van der Waals surface area contributed by atoms with E-state index in [0.717, 1.165) is 29.8 Å². The molecule has 7 heteroatoms. The predicted octanol–water partition coefficient (Wildman–Crippen LogP) is 5.18. The van der Waals surface area contributed by atoms with Gasteiger partial charge in [-0.3, -0.25) is 9.36 Å². The molecule has 1 aliphatic carbocycles. The number of methoxy groups -OCH3 is 1. The molecule has 1 amide bonds. The first-order valence-electron chi connectivity index (χ1n) is 11.2. The quantitative estimate of drug-likeness (QED) is 0.502. The summed E-state index contributed by atoms with van der Waals surface area (Å²) in [6.45, 7) is 3.99. The highest BCUT2D eigenvalue weighted by molar-refractivity contribution is 8.00. The number of amides is 1. The van der Waals surface area contributed by atoms with Gasteiger partial charge in [-0.1, -0.05) is 60.9 Å². The van der Waals surface area contributed by atoms with Crippen LogP contribution in [0.1, 0.15) is 44.6 Å². The van der Waals surface area contributed by atoms with Crippen molar-refractivity contribution in [1.82, 2.24) is 20.1 Å². The second kappa shape index (κ2) is 10.2. The van der Waals surface area contributed by atoms with E-state index in [2.05, 4.69) is 46.7 Å². The van der Waals surface area contributed by atoms with E-state index in [1.807, 2.05) is 35.8 Å². The minimum atomic E-state index is -0.282. The Kier molecular flexibility index (Phi) is 7.15. The van der Waals surface area contributed by atoms with Crippen molar-refractivity contribution >= 4 is 17.7 Å². The Morgan fingerprint density at radius 1 is 1.09 bits per heavy atom. The van der Waals surface area contributed by atoms with E-state index in [0.29, 0.717) is 17.0 Å². The standard InChI is InChI=1S/C25H30N4O2S/c1-17-13-15-20(16-14-17)29-23(21-11-7-8-12-22(21)31-3)27-28-25(29)32-18(2)24(30)26-19-9-5-4-6-10-19/h7-8,11-16,18-19H,4-6,9-10H2,1-3H3,(H,26,30). The van der Waals surface area contributed by atoms with Crippen molar-refractivity contribution in [2.75, 3.05) is 7.11 Å². The van der Waals surface area contributed by atoms with Crippen molar-refractivity contribution in [3.05, 3.63) is 54.1 Å². The minimum Gasteiger partial charge on any atom is -0.496 e. The summed E-state index contributed by atoms with van der Waals surface area (Å²) >= 11 is 1.43. The number of carbonyl (C=O) groups is 1. The van der Waals surface area contributed by atoms with E-state index in [4.69, 9.17) is 4.74 Å². The molecule has 1 saturated carbocycles. The third kappa shape index (κ3) is 4.99. The van der Waals surface area contributed by atoms with Gasteiger partial charge in [0.2, 0.25) is 5.91 Å². The smallest absolute Gasteiger partial charge is 0.233 e. The molecule has 1 aliphatic rings. The maximum atomic E-state index is 12.9. The lowest BCUT2D eigenvalue weighted by atomic mass is 9.95. The van der Waals surface area contributed by atoms with E-state index >= 15 is 0 Å². The van der Waals surface area contributed by atoms with E-state index in [1.54, 1.807) is 7.11 Å². The van der Waals surface area contributed by atoms with Gasteiger partial charge in [-0.25, -0.2) is 0 Å². The number of benzene rings is 2. The summed E-state index contributed by atoms with van der Waals surface area (Å²) in [7, 11) is 1.65. The Hall–Kier alpha value is -2.80. The summed E-state index contributed by atoms with van der Waals surface area (Å²) in [5, 5.41) is 12.6. The van der Waals surface area contributed by atoms with Crippen molar-refractivity contribution in [3.8, 4) is 22.8 Å². The fraction of sp³-hybridized carbons (Fsp3) is 0.400. The van der Waals surface area contributed by atoms with Crippen LogP contribution >= 0.6 is 11.8 Å². The summed E-state index contributed by atoms with van der Waals surface area (Å²) in [6, 6.07) is 16.3. The van der Waals surface area contributed by atoms with Gasteiger partial charge in [0.25, 0.3) is 0 Å². The van der Waals surface area contributed by atoms with Crippen LogP contribution in [0.15, 0.2) is 53.7 Å². The number of nitrogens with zero attached hydrogens (tertiary/aromatic N) is 3. The Balaban J connectivity index is 1.65. The van der Waals surface area contributed by atoms with Crippen LogP contribution in [0.25, 0.3) is 17.1 Å². The Morgan fingerprint density at radius 2 is 1.81 bits per heavy atom. The van der Waals surface area contributed by atoms with Gasteiger partial charge < -0.3 is 10.1 Å². The molecule has 3 aromatic rings. The highest BCUT2D eigenvalue weighted by atomic mass is 32.2. The summed E-state index contributed by atoms with van der Waals surface area (Å²) in [6.07, 6.45) is 5.79.